The molecule has 0 aliphatic heterocycles. The molecule has 2 N–H and O–H groups in total. The van der Waals surface area contributed by atoms with E-state index in [2.05, 4.69) is 0 Å². The standard InChI is InChI=1S/C11H8F4O3/c12-6-4(3-11(18)1-2-11)7(13)9(15)5(8(6)14)10(16)17/h18H,1-3H2,(H,16,17). The molecule has 0 spiro atoms. The molecule has 0 radical (unpaired) electrons. The van der Waals surface area contributed by atoms with Crippen molar-refractivity contribution in [3.63, 3.8) is 0 Å². The summed E-state index contributed by atoms with van der Waals surface area (Å²) in [6.45, 7) is 0. The monoisotopic (exact) mass is 264 g/mol. The maximum absolute atomic E-state index is 13.5. The fourth-order valence-corrected chi connectivity index (χ4v) is 1.67. The van der Waals surface area contributed by atoms with Crippen molar-refractivity contribution in [1.29, 1.82) is 0 Å². The number of aromatic carboxylic acids is 1. The zero-order chi connectivity index (χ0) is 13.7. The van der Waals surface area contributed by atoms with E-state index in [0.717, 1.165) is 0 Å². The molecule has 2 rings (SSSR count). The van der Waals surface area contributed by atoms with Crippen molar-refractivity contribution >= 4 is 5.97 Å². The number of halogens is 4. The van der Waals surface area contributed by atoms with Crippen molar-refractivity contribution in [1.82, 2.24) is 0 Å². The van der Waals surface area contributed by atoms with Crippen molar-refractivity contribution in [2.45, 2.75) is 24.9 Å². The lowest BCUT2D eigenvalue weighted by Gasteiger charge is -2.12. The Morgan fingerprint density at radius 2 is 1.50 bits per heavy atom. The first kappa shape index (κ1) is 12.8. The molecule has 7 heteroatoms. The Bertz CT molecular complexity index is 509. The summed E-state index contributed by atoms with van der Waals surface area (Å²) in [7, 11) is 0. The zero-order valence-corrected chi connectivity index (χ0v) is 8.94. The predicted octanol–water partition coefficient (Wildman–Crippen LogP) is 2.01. The molecule has 1 aromatic rings. The van der Waals surface area contributed by atoms with Crippen LogP contribution in [0.15, 0.2) is 0 Å². The molecule has 0 unspecified atom stereocenters. The fraction of sp³-hybridized carbons (Fsp3) is 0.364. The highest BCUT2D eigenvalue weighted by Gasteiger charge is 2.43. The minimum atomic E-state index is -2.10. The average molecular weight is 264 g/mol. The van der Waals surface area contributed by atoms with E-state index < -0.39 is 52.4 Å². The summed E-state index contributed by atoms with van der Waals surface area (Å²) in [6.07, 6.45) is -0.0377. The van der Waals surface area contributed by atoms with E-state index >= 15 is 0 Å². The first-order valence-electron chi connectivity index (χ1n) is 5.07. The molecule has 0 heterocycles. The topological polar surface area (TPSA) is 57.5 Å². The van der Waals surface area contributed by atoms with Crippen LogP contribution < -0.4 is 0 Å². The second-order valence-corrected chi connectivity index (χ2v) is 4.32. The Labute approximate surface area is 98.7 Å². The largest absolute Gasteiger partial charge is 0.477 e. The lowest BCUT2D eigenvalue weighted by Crippen LogP contribution is -2.18. The summed E-state index contributed by atoms with van der Waals surface area (Å²) in [5, 5.41) is 18.0. The molecule has 1 saturated carbocycles. The zero-order valence-electron chi connectivity index (χ0n) is 8.94. The van der Waals surface area contributed by atoms with E-state index in [1.54, 1.807) is 0 Å². The SMILES string of the molecule is O=C(O)c1c(F)c(F)c(CC2(O)CC2)c(F)c1F. The second-order valence-electron chi connectivity index (χ2n) is 4.32. The highest BCUT2D eigenvalue weighted by molar-refractivity contribution is 5.88. The van der Waals surface area contributed by atoms with Gasteiger partial charge < -0.3 is 10.2 Å². The number of carboxylic acid groups (broad SMARTS) is 1. The van der Waals surface area contributed by atoms with Crippen LogP contribution in [-0.4, -0.2) is 21.8 Å². The third kappa shape index (κ3) is 1.94. The quantitative estimate of drug-likeness (QED) is 0.648. The van der Waals surface area contributed by atoms with E-state index in [0.29, 0.717) is 0 Å². The van der Waals surface area contributed by atoms with Crippen molar-refractivity contribution in [2.75, 3.05) is 0 Å². The molecule has 0 amide bonds. The molecular weight excluding hydrogens is 256 g/mol. The summed E-state index contributed by atoms with van der Waals surface area (Å²) in [5.41, 5.74) is -3.99. The molecule has 0 bridgehead atoms. The van der Waals surface area contributed by atoms with Crippen LogP contribution in [0.5, 0.6) is 0 Å². The van der Waals surface area contributed by atoms with Gasteiger partial charge in [-0.05, 0) is 12.8 Å². The van der Waals surface area contributed by atoms with E-state index in [-0.39, 0.29) is 12.8 Å². The number of rotatable bonds is 3. The Hall–Kier alpha value is -1.63. The second kappa shape index (κ2) is 3.94. The summed E-state index contributed by atoms with van der Waals surface area (Å²) in [4.78, 5) is 10.5. The highest BCUT2D eigenvalue weighted by Crippen LogP contribution is 2.40. The van der Waals surface area contributed by atoms with Crippen molar-refractivity contribution in [3.8, 4) is 0 Å². The molecule has 18 heavy (non-hydrogen) atoms. The number of carboxylic acids is 1. The van der Waals surface area contributed by atoms with Gasteiger partial charge >= 0.3 is 5.97 Å². The Morgan fingerprint density at radius 1 is 1.06 bits per heavy atom. The number of hydrogen-bond acceptors (Lipinski definition) is 2. The van der Waals surface area contributed by atoms with Gasteiger partial charge in [-0.25, -0.2) is 22.4 Å². The number of carbonyl (C=O) groups is 1. The van der Waals surface area contributed by atoms with Crippen LogP contribution in [0.2, 0.25) is 0 Å². The van der Waals surface area contributed by atoms with Gasteiger partial charge in [0.2, 0.25) is 0 Å². The van der Waals surface area contributed by atoms with E-state index in [1.165, 1.54) is 0 Å². The molecule has 1 aliphatic rings. The molecular formula is C11H8F4O3. The van der Waals surface area contributed by atoms with Gasteiger partial charge in [0.15, 0.2) is 23.3 Å². The Kier molecular flexibility index (Phi) is 2.81. The van der Waals surface area contributed by atoms with Gasteiger partial charge in [-0.3, -0.25) is 0 Å². The van der Waals surface area contributed by atoms with Crippen LogP contribution in [0.1, 0.15) is 28.8 Å². The summed E-state index contributed by atoms with van der Waals surface area (Å²) in [5.74, 6) is -9.56. The minimum Gasteiger partial charge on any atom is -0.477 e. The van der Waals surface area contributed by atoms with E-state index in [4.69, 9.17) is 5.11 Å². The normalized spacial score (nSPS) is 16.7. The summed E-state index contributed by atoms with van der Waals surface area (Å²) in [6, 6.07) is 0. The van der Waals surface area contributed by atoms with Gasteiger partial charge in [0.05, 0.1) is 5.60 Å². The van der Waals surface area contributed by atoms with Gasteiger partial charge in [-0.1, -0.05) is 0 Å². The molecule has 1 fully saturated rings. The van der Waals surface area contributed by atoms with Gasteiger partial charge in [0, 0.05) is 12.0 Å². The molecule has 1 aromatic carbocycles. The molecule has 1 aliphatic carbocycles. The van der Waals surface area contributed by atoms with Crippen molar-refractivity contribution < 1.29 is 32.6 Å². The Balaban J connectivity index is 2.58. The maximum atomic E-state index is 13.5. The van der Waals surface area contributed by atoms with Gasteiger partial charge in [0.25, 0.3) is 0 Å². The van der Waals surface area contributed by atoms with Crippen LogP contribution in [-0.2, 0) is 6.42 Å². The van der Waals surface area contributed by atoms with Crippen LogP contribution in [0.25, 0.3) is 0 Å². The summed E-state index contributed by atoms with van der Waals surface area (Å²) < 4.78 is 53.5. The fourth-order valence-electron chi connectivity index (χ4n) is 1.67. The predicted molar refractivity (Wildman–Crippen MR) is 51.1 cm³/mol. The van der Waals surface area contributed by atoms with Crippen molar-refractivity contribution in [2.24, 2.45) is 0 Å². The smallest absolute Gasteiger partial charge is 0.341 e. The lowest BCUT2D eigenvalue weighted by molar-refractivity contribution is 0.0683. The Morgan fingerprint density at radius 3 is 1.83 bits per heavy atom. The molecule has 98 valence electrons. The van der Waals surface area contributed by atoms with Crippen LogP contribution in [0.4, 0.5) is 17.6 Å². The van der Waals surface area contributed by atoms with Gasteiger partial charge in [-0.15, -0.1) is 0 Å². The first-order chi connectivity index (χ1) is 8.27. The van der Waals surface area contributed by atoms with Crippen molar-refractivity contribution in [3.05, 3.63) is 34.4 Å². The third-order valence-electron chi connectivity index (χ3n) is 2.90. The average Bonchev–Trinajstić information content (AvgIpc) is 3.00. The van der Waals surface area contributed by atoms with Crippen LogP contribution in [0.3, 0.4) is 0 Å². The first-order valence-corrected chi connectivity index (χ1v) is 5.07. The highest BCUT2D eigenvalue weighted by atomic mass is 19.2. The molecule has 0 aromatic heterocycles. The summed E-state index contributed by atoms with van der Waals surface area (Å²) >= 11 is 0. The van der Waals surface area contributed by atoms with E-state index in [1.807, 2.05) is 0 Å². The van der Waals surface area contributed by atoms with Gasteiger partial charge in [-0.2, -0.15) is 0 Å². The van der Waals surface area contributed by atoms with E-state index in [9.17, 15) is 27.5 Å². The maximum Gasteiger partial charge on any atom is 0.341 e. The minimum absolute atomic E-state index is 0.274. The third-order valence-corrected chi connectivity index (χ3v) is 2.90. The molecule has 0 saturated heterocycles. The number of hydrogen-bond donors (Lipinski definition) is 2. The van der Waals surface area contributed by atoms with Crippen LogP contribution in [0, 0.1) is 23.3 Å². The van der Waals surface area contributed by atoms with Gasteiger partial charge in [0.1, 0.15) is 5.56 Å². The molecule has 0 atom stereocenters. The number of benzene rings is 1. The lowest BCUT2D eigenvalue weighted by atomic mass is 10.0. The number of aliphatic hydroxyl groups is 1. The molecule has 3 nitrogen and oxygen atoms in total. The van der Waals surface area contributed by atoms with Crippen LogP contribution >= 0.6 is 0 Å².